The molecule has 1 saturated heterocycles. The Morgan fingerprint density at radius 3 is 2.91 bits per heavy atom. The Kier molecular flexibility index (Phi) is 3.69. The van der Waals surface area contributed by atoms with Gasteiger partial charge in [0.1, 0.15) is 6.23 Å². The smallest absolute Gasteiger partial charge is 0.117 e. The summed E-state index contributed by atoms with van der Waals surface area (Å²) in [7, 11) is 0. The van der Waals surface area contributed by atoms with Gasteiger partial charge in [-0.3, -0.25) is 4.90 Å². The van der Waals surface area contributed by atoms with Crippen molar-refractivity contribution in [2.24, 2.45) is 5.92 Å². The van der Waals surface area contributed by atoms with Gasteiger partial charge in [0, 0.05) is 18.2 Å². The second-order valence-corrected chi connectivity index (χ2v) is 4.27. The third-order valence-electron chi connectivity index (χ3n) is 2.19. The number of aliphatic hydroxyl groups excluding tert-OH is 1. The number of aliphatic hydroxyl groups is 1. The molecule has 11 heavy (non-hydrogen) atoms. The molecule has 0 amide bonds. The highest BCUT2D eigenvalue weighted by atomic mass is 32.2. The van der Waals surface area contributed by atoms with Crippen molar-refractivity contribution in [1.82, 2.24) is 4.90 Å². The summed E-state index contributed by atoms with van der Waals surface area (Å²) in [6.45, 7) is 5.47. The van der Waals surface area contributed by atoms with Gasteiger partial charge >= 0.3 is 0 Å². The van der Waals surface area contributed by atoms with E-state index in [1.54, 1.807) is 0 Å². The zero-order valence-electron chi connectivity index (χ0n) is 7.29. The van der Waals surface area contributed by atoms with Crippen molar-refractivity contribution in [1.29, 1.82) is 0 Å². The van der Waals surface area contributed by atoms with Gasteiger partial charge in [-0.2, -0.15) is 0 Å². The minimum absolute atomic E-state index is 0.186. The lowest BCUT2D eigenvalue weighted by molar-refractivity contribution is 0.0375. The van der Waals surface area contributed by atoms with E-state index in [1.807, 2.05) is 11.8 Å². The summed E-state index contributed by atoms with van der Waals surface area (Å²) in [6.07, 6.45) is 1.02. The summed E-state index contributed by atoms with van der Waals surface area (Å²) >= 11 is 1.82. The molecule has 0 spiro atoms. The molecule has 0 aromatic rings. The Balaban J connectivity index is 2.24. The quantitative estimate of drug-likeness (QED) is 0.700. The average Bonchev–Trinajstić information content (AvgIpc) is 2.37. The van der Waals surface area contributed by atoms with Gasteiger partial charge in [0.2, 0.25) is 0 Å². The van der Waals surface area contributed by atoms with Gasteiger partial charge in [-0.15, -0.1) is 11.8 Å². The largest absolute Gasteiger partial charge is 0.377 e. The number of nitrogens with zero attached hydrogens (tertiary/aromatic N) is 1. The standard InChI is InChI=1S/C8H17NOS/c1-3-7(2)4-9-6-11-5-8(9)10/h7-8,10H,3-6H2,1-2H3/t7-,8?/m0/s1. The third kappa shape index (κ3) is 2.65. The number of thioether (sulfide) groups is 1. The molecule has 1 unspecified atom stereocenters. The van der Waals surface area contributed by atoms with Crippen molar-refractivity contribution in [2.45, 2.75) is 26.5 Å². The van der Waals surface area contributed by atoms with Crippen molar-refractivity contribution >= 4 is 11.8 Å². The maximum Gasteiger partial charge on any atom is 0.117 e. The lowest BCUT2D eigenvalue weighted by Gasteiger charge is -2.21. The summed E-state index contributed by atoms with van der Waals surface area (Å²) < 4.78 is 0. The molecular formula is C8H17NOS. The van der Waals surface area contributed by atoms with E-state index in [9.17, 15) is 5.11 Å². The van der Waals surface area contributed by atoms with Crippen LogP contribution in [0.1, 0.15) is 20.3 Å². The van der Waals surface area contributed by atoms with Crippen LogP contribution in [0.2, 0.25) is 0 Å². The third-order valence-corrected chi connectivity index (χ3v) is 3.24. The number of rotatable bonds is 3. The Labute approximate surface area is 73.0 Å². The monoisotopic (exact) mass is 175 g/mol. The number of hydrogen-bond donors (Lipinski definition) is 1. The molecule has 66 valence electrons. The zero-order chi connectivity index (χ0) is 8.27. The first-order valence-corrected chi connectivity index (χ1v) is 5.39. The van der Waals surface area contributed by atoms with Gasteiger partial charge in [0.05, 0.1) is 0 Å². The molecule has 1 fully saturated rings. The van der Waals surface area contributed by atoms with Crippen LogP contribution in [0.5, 0.6) is 0 Å². The highest BCUT2D eigenvalue weighted by molar-refractivity contribution is 7.99. The lowest BCUT2D eigenvalue weighted by atomic mass is 10.1. The summed E-state index contributed by atoms with van der Waals surface area (Å²) in [5.74, 6) is 2.60. The highest BCUT2D eigenvalue weighted by Gasteiger charge is 2.22. The van der Waals surface area contributed by atoms with Crippen LogP contribution in [0, 0.1) is 5.92 Å². The van der Waals surface area contributed by atoms with Crippen LogP contribution in [-0.4, -0.2) is 34.4 Å². The Morgan fingerprint density at radius 1 is 1.73 bits per heavy atom. The molecule has 1 heterocycles. The molecule has 0 aromatic carbocycles. The topological polar surface area (TPSA) is 23.5 Å². The molecule has 2 nitrogen and oxygen atoms in total. The summed E-state index contributed by atoms with van der Waals surface area (Å²) in [6, 6.07) is 0. The molecule has 0 aliphatic carbocycles. The fourth-order valence-electron chi connectivity index (χ4n) is 1.17. The van der Waals surface area contributed by atoms with Gasteiger partial charge in [-0.1, -0.05) is 20.3 Å². The van der Waals surface area contributed by atoms with Crippen LogP contribution in [0.15, 0.2) is 0 Å². The van der Waals surface area contributed by atoms with Crippen LogP contribution >= 0.6 is 11.8 Å². The lowest BCUT2D eigenvalue weighted by Crippen LogP contribution is -2.33. The fraction of sp³-hybridized carbons (Fsp3) is 1.00. The molecule has 3 heteroatoms. The van der Waals surface area contributed by atoms with Crippen molar-refractivity contribution in [3.05, 3.63) is 0 Å². The minimum atomic E-state index is -0.186. The van der Waals surface area contributed by atoms with E-state index in [-0.39, 0.29) is 6.23 Å². The normalized spacial score (nSPS) is 29.2. The average molecular weight is 175 g/mol. The molecule has 0 radical (unpaired) electrons. The predicted molar refractivity (Wildman–Crippen MR) is 49.5 cm³/mol. The van der Waals surface area contributed by atoms with Crippen LogP contribution in [0.4, 0.5) is 0 Å². The molecule has 1 aliphatic rings. The number of hydrogen-bond acceptors (Lipinski definition) is 3. The van der Waals surface area contributed by atoms with E-state index in [1.165, 1.54) is 6.42 Å². The molecule has 1 rings (SSSR count). The van der Waals surface area contributed by atoms with Crippen LogP contribution in [0.25, 0.3) is 0 Å². The van der Waals surface area contributed by atoms with E-state index in [0.29, 0.717) is 5.92 Å². The van der Waals surface area contributed by atoms with Gasteiger partial charge in [-0.25, -0.2) is 0 Å². The van der Waals surface area contributed by atoms with E-state index in [4.69, 9.17) is 0 Å². The van der Waals surface area contributed by atoms with Crippen molar-refractivity contribution in [2.75, 3.05) is 18.2 Å². The SMILES string of the molecule is CC[C@H](C)CN1CSCC1O. The molecular weight excluding hydrogens is 158 g/mol. The molecule has 0 saturated carbocycles. The van der Waals surface area contributed by atoms with Crippen LogP contribution in [-0.2, 0) is 0 Å². The highest BCUT2D eigenvalue weighted by Crippen LogP contribution is 2.20. The fourth-order valence-corrected chi connectivity index (χ4v) is 2.21. The Morgan fingerprint density at radius 2 is 2.45 bits per heavy atom. The first-order valence-electron chi connectivity index (χ1n) is 4.24. The maximum absolute atomic E-state index is 9.44. The van der Waals surface area contributed by atoms with Crippen molar-refractivity contribution in [3.63, 3.8) is 0 Å². The van der Waals surface area contributed by atoms with Gasteiger partial charge in [0.15, 0.2) is 0 Å². The maximum atomic E-state index is 9.44. The first kappa shape index (κ1) is 9.36. The van der Waals surface area contributed by atoms with Gasteiger partial charge < -0.3 is 5.11 Å². The van der Waals surface area contributed by atoms with E-state index < -0.39 is 0 Å². The van der Waals surface area contributed by atoms with E-state index >= 15 is 0 Å². The molecule has 1 N–H and O–H groups in total. The second kappa shape index (κ2) is 4.33. The van der Waals surface area contributed by atoms with Crippen molar-refractivity contribution < 1.29 is 5.11 Å². The minimum Gasteiger partial charge on any atom is -0.377 e. The summed E-state index contributed by atoms with van der Waals surface area (Å²) in [5.41, 5.74) is 0. The molecule has 0 aromatic heterocycles. The Bertz CT molecular complexity index is 121. The van der Waals surface area contributed by atoms with Crippen LogP contribution < -0.4 is 0 Å². The Hall–Kier alpha value is 0.270. The van der Waals surface area contributed by atoms with Crippen molar-refractivity contribution in [3.8, 4) is 0 Å². The van der Waals surface area contributed by atoms with Gasteiger partial charge in [-0.05, 0) is 5.92 Å². The van der Waals surface area contributed by atoms with Crippen LogP contribution in [0.3, 0.4) is 0 Å². The second-order valence-electron chi connectivity index (χ2n) is 3.27. The van der Waals surface area contributed by atoms with E-state index in [2.05, 4.69) is 18.7 Å². The summed E-state index contributed by atoms with van der Waals surface area (Å²) in [4.78, 5) is 2.15. The molecule has 1 aliphatic heterocycles. The first-order chi connectivity index (χ1) is 5.24. The van der Waals surface area contributed by atoms with E-state index in [0.717, 1.165) is 18.2 Å². The molecule has 2 atom stereocenters. The molecule has 0 bridgehead atoms. The predicted octanol–water partition coefficient (Wildman–Crippen LogP) is 1.36. The van der Waals surface area contributed by atoms with Gasteiger partial charge in [0.25, 0.3) is 0 Å². The zero-order valence-corrected chi connectivity index (χ0v) is 8.10. The summed E-state index contributed by atoms with van der Waals surface area (Å²) in [5, 5.41) is 9.44.